The zero-order valence-electron chi connectivity index (χ0n) is 14.7. The Morgan fingerprint density at radius 2 is 1.86 bits per heavy atom. The standard InChI is InChI=1S/C18H33N3/c1-7-17(8-2)21(13-14(4)5)18-15(6)10-16(12-20-18)11-19-9-3/h10,12,14,17,19H,7-9,11,13H2,1-6H3. The maximum Gasteiger partial charge on any atom is 0.131 e. The lowest BCUT2D eigenvalue weighted by Crippen LogP contribution is -2.38. The second-order valence-electron chi connectivity index (χ2n) is 6.28. The van der Waals surface area contributed by atoms with Gasteiger partial charge in [0.15, 0.2) is 0 Å². The Kier molecular flexibility index (Phi) is 7.73. The highest BCUT2D eigenvalue weighted by molar-refractivity contribution is 5.48. The molecular formula is C18H33N3. The molecule has 0 saturated heterocycles. The first-order valence-electron chi connectivity index (χ1n) is 8.46. The average molecular weight is 291 g/mol. The zero-order chi connectivity index (χ0) is 15.8. The molecule has 0 aliphatic heterocycles. The van der Waals surface area contributed by atoms with Crippen LogP contribution in [0, 0.1) is 12.8 Å². The highest BCUT2D eigenvalue weighted by atomic mass is 15.2. The molecule has 0 aliphatic carbocycles. The summed E-state index contributed by atoms with van der Waals surface area (Å²) in [5, 5.41) is 3.36. The van der Waals surface area contributed by atoms with E-state index in [-0.39, 0.29) is 0 Å². The Labute approximate surface area is 131 Å². The lowest BCUT2D eigenvalue weighted by molar-refractivity contribution is 0.502. The fourth-order valence-corrected chi connectivity index (χ4v) is 2.82. The third-order valence-electron chi connectivity index (χ3n) is 3.90. The minimum absolute atomic E-state index is 0.582. The summed E-state index contributed by atoms with van der Waals surface area (Å²) in [5.74, 6) is 1.81. The predicted molar refractivity (Wildman–Crippen MR) is 92.9 cm³/mol. The van der Waals surface area contributed by atoms with Gasteiger partial charge in [0.2, 0.25) is 0 Å². The summed E-state index contributed by atoms with van der Waals surface area (Å²) < 4.78 is 0. The van der Waals surface area contributed by atoms with E-state index < -0.39 is 0 Å². The number of nitrogens with one attached hydrogen (secondary N) is 1. The van der Waals surface area contributed by atoms with Crippen LogP contribution in [0.3, 0.4) is 0 Å². The summed E-state index contributed by atoms with van der Waals surface area (Å²) in [4.78, 5) is 7.30. The Hall–Kier alpha value is -1.09. The largest absolute Gasteiger partial charge is 0.353 e. The van der Waals surface area contributed by atoms with E-state index >= 15 is 0 Å². The molecule has 0 radical (unpaired) electrons. The van der Waals surface area contributed by atoms with Crippen molar-refractivity contribution in [3.05, 3.63) is 23.4 Å². The number of rotatable bonds is 9. The van der Waals surface area contributed by atoms with Crippen molar-refractivity contribution < 1.29 is 0 Å². The minimum Gasteiger partial charge on any atom is -0.353 e. The van der Waals surface area contributed by atoms with Crippen molar-refractivity contribution in [3.63, 3.8) is 0 Å². The van der Waals surface area contributed by atoms with Gasteiger partial charge in [-0.1, -0.05) is 34.6 Å². The number of hydrogen-bond donors (Lipinski definition) is 1. The highest BCUT2D eigenvalue weighted by Gasteiger charge is 2.19. The summed E-state index contributed by atoms with van der Waals surface area (Å²) in [6.45, 7) is 16.4. The van der Waals surface area contributed by atoms with Gasteiger partial charge in [-0.05, 0) is 49.4 Å². The van der Waals surface area contributed by atoms with Crippen LogP contribution in [0.15, 0.2) is 12.3 Å². The minimum atomic E-state index is 0.582. The number of anilines is 1. The van der Waals surface area contributed by atoms with Crippen LogP contribution in [0.5, 0.6) is 0 Å². The molecule has 0 aliphatic rings. The van der Waals surface area contributed by atoms with E-state index in [1.54, 1.807) is 0 Å². The molecule has 0 fully saturated rings. The third kappa shape index (κ3) is 5.31. The van der Waals surface area contributed by atoms with Gasteiger partial charge in [-0.25, -0.2) is 4.98 Å². The third-order valence-corrected chi connectivity index (χ3v) is 3.90. The fraction of sp³-hybridized carbons (Fsp3) is 0.722. The number of nitrogens with zero attached hydrogens (tertiary/aromatic N) is 2. The fourth-order valence-electron chi connectivity index (χ4n) is 2.82. The molecule has 21 heavy (non-hydrogen) atoms. The molecule has 0 aromatic carbocycles. The smallest absolute Gasteiger partial charge is 0.131 e. The zero-order valence-corrected chi connectivity index (χ0v) is 14.7. The molecule has 120 valence electrons. The topological polar surface area (TPSA) is 28.2 Å². The molecular weight excluding hydrogens is 258 g/mol. The molecule has 0 atom stereocenters. The lowest BCUT2D eigenvalue weighted by Gasteiger charge is -2.34. The molecule has 1 aromatic rings. The van der Waals surface area contributed by atoms with Crippen LogP contribution >= 0.6 is 0 Å². The van der Waals surface area contributed by atoms with E-state index in [0.29, 0.717) is 12.0 Å². The van der Waals surface area contributed by atoms with E-state index in [4.69, 9.17) is 4.98 Å². The summed E-state index contributed by atoms with van der Waals surface area (Å²) in [7, 11) is 0. The predicted octanol–water partition coefficient (Wildman–Crippen LogP) is 4.15. The Morgan fingerprint density at radius 1 is 1.19 bits per heavy atom. The van der Waals surface area contributed by atoms with E-state index in [1.165, 1.54) is 24.0 Å². The molecule has 1 heterocycles. The van der Waals surface area contributed by atoms with Crippen molar-refractivity contribution >= 4 is 5.82 Å². The maximum atomic E-state index is 4.79. The van der Waals surface area contributed by atoms with E-state index in [1.807, 2.05) is 6.20 Å². The van der Waals surface area contributed by atoms with Crippen molar-refractivity contribution in [2.24, 2.45) is 5.92 Å². The summed E-state index contributed by atoms with van der Waals surface area (Å²) in [6.07, 6.45) is 4.37. The SMILES string of the molecule is CCNCc1cnc(N(CC(C)C)C(CC)CC)c(C)c1. The van der Waals surface area contributed by atoms with Crippen LogP contribution in [0.25, 0.3) is 0 Å². The molecule has 3 heteroatoms. The van der Waals surface area contributed by atoms with Crippen LogP contribution in [0.2, 0.25) is 0 Å². The molecule has 1 aromatic heterocycles. The van der Waals surface area contributed by atoms with Crippen molar-refractivity contribution in [1.29, 1.82) is 0 Å². The van der Waals surface area contributed by atoms with Crippen LogP contribution in [-0.2, 0) is 6.54 Å². The van der Waals surface area contributed by atoms with Gasteiger partial charge in [0, 0.05) is 25.3 Å². The lowest BCUT2D eigenvalue weighted by atomic mass is 10.1. The molecule has 0 bridgehead atoms. The van der Waals surface area contributed by atoms with Gasteiger partial charge in [-0.15, -0.1) is 0 Å². The van der Waals surface area contributed by atoms with Crippen LogP contribution in [0.1, 0.15) is 58.6 Å². The van der Waals surface area contributed by atoms with Gasteiger partial charge in [0.1, 0.15) is 5.82 Å². The summed E-state index contributed by atoms with van der Waals surface area (Å²) >= 11 is 0. The molecule has 0 spiro atoms. The normalized spacial score (nSPS) is 11.4. The van der Waals surface area contributed by atoms with Crippen LogP contribution in [-0.4, -0.2) is 24.1 Å². The molecule has 0 amide bonds. The monoisotopic (exact) mass is 291 g/mol. The molecule has 1 N–H and O–H groups in total. The first-order valence-corrected chi connectivity index (χ1v) is 8.46. The second-order valence-corrected chi connectivity index (χ2v) is 6.28. The van der Waals surface area contributed by atoms with Gasteiger partial charge in [-0.3, -0.25) is 0 Å². The number of hydrogen-bond acceptors (Lipinski definition) is 3. The van der Waals surface area contributed by atoms with Crippen LogP contribution in [0.4, 0.5) is 5.82 Å². The Balaban J connectivity index is 3.01. The summed E-state index contributed by atoms with van der Waals surface area (Å²) in [6, 6.07) is 2.86. The average Bonchev–Trinajstić information content (AvgIpc) is 2.45. The summed E-state index contributed by atoms with van der Waals surface area (Å²) in [5.41, 5.74) is 2.56. The van der Waals surface area contributed by atoms with E-state index in [9.17, 15) is 0 Å². The van der Waals surface area contributed by atoms with Gasteiger partial charge in [0.25, 0.3) is 0 Å². The quantitative estimate of drug-likeness (QED) is 0.741. The van der Waals surface area contributed by atoms with Gasteiger partial charge in [-0.2, -0.15) is 0 Å². The molecule has 3 nitrogen and oxygen atoms in total. The molecule has 0 unspecified atom stereocenters. The highest BCUT2D eigenvalue weighted by Crippen LogP contribution is 2.24. The maximum absolute atomic E-state index is 4.79. The Morgan fingerprint density at radius 3 is 2.33 bits per heavy atom. The van der Waals surface area contributed by atoms with Gasteiger partial charge in [0.05, 0.1) is 0 Å². The van der Waals surface area contributed by atoms with E-state index in [0.717, 1.165) is 25.5 Å². The van der Waals surface area contributed by atoms with Gasteiger partial charge < -0.3 is 10.2 Å². The number of pyridine rings is 1. The second kappa shape index (κ2) is 9.04. The van der Waals surface area contributed by atoms with Crippen molar-refractivity contribution in [1.82, 2.24) is 10.3 Å². The first kappa shape index (κ1) is 18.0. The molecule has 0 saturated carbocycles. The molecule has 1 rings (SSSR count). The van der Waals surface area contributed by atoms with Gasteiger partial charge >= 0.3 is 0 Å². The van der Waals surface area contributed by atoms with Crippen molar-refractivity contribution in [2.75, 3.05) is 18.0 Å². The van der Waals surface area contributed by atoms with Crippen LogP contribution < -0.4 is 10.2 Å². The van der Waals surface area contributed by atoms with Crippen molar-refractivity contribution in [2.45, 2.75) is 67.0 Å². The Bertz CT molecular complexity index is 411. The first-order chi connectivity index (χ1) is 10.0. The van der Waals surface area contributed by atoms with Crippen molar-refractivity contribution in [3.8, 4) is 0 Å². The van der Waals surface area contributed by atoms with E-state index in [2.05, 4.69) is 57.8 Å². The number of aryl methyl sites for hydroxylation is 1. The number of aromatic nitrogens is 1.